The first-order valence-electron chi connectivity index (χ1n) is 11.3. The highest BCUT2D eigenvalue weighted by molar-refractivity contribution is 7.79. The molecule has 2 heteroatoms. The lowest BCUT2D eigenvalue weighted by Crippen LogP contribution is -2.27. The average molecular weight is 426 g/mol. The Morgan fingerprint density at radius 3 is 2.06 bits per heavy atom. The third-order valence-electron chi connectivity index (χ3n) is 6.00. The van der Waals surface area contributed by atoms with Crippen molar-refractivity contribution in [2.75, 3.05) is 14.1 Å². The van der Waals surface area contributed by atoms with Crippen LogP contribution in [-0.4, -0.2) is 19.0 Å². The van der Waals surface area contributed by atoms with Gasteiger partial charge >= 0.3 is 0 Å². The van der Waals surface area contributed by atoms with E-state index in [0.717, 1.165) is 0 Å². The van der Waals surface area contributed by atoms with Gasteiger partial charge in [-0.3, -0.25) is 0 Å². The van der Waals surface area contributed by atoms with Crippen molar-refractivity contribution < 1.29 is 0 Å². The van der Waals surface area contributed by atoms with Crippen LogP contribution in [0.3, 0.4) is 0 Å². The second-order valence-corrected chi connectivity index (χ2v) is 10.6. The number of aryl methyl sites for hydroxylation is 1. The van der Waals surface area contributed by atoms with Gasteiger partial charge in [0, 0.05) is 0 Å². The minimum Gasteiger partial charge on any atom is -0.313 e. The predicted molar refractivity (Wildman–Crippen MR) is 137 cm³/mol. The van der Waals surface area contributed by atoms with Crippen LogP contribution in [-0.2, 0) is 6.42 Å². The second kappa shape index (κ2) is 10.7. The van der Waals surface area contributed by atoms with Crippen molar-refractivity contribution in [2.24, 2.45) is 0 Å². The van der Waals surface area contributed by atoms with E-state index in [1.807, 2.05) is 0 Å². The predicted octanol–water partition coefficient (Wildman–Crippen LogP) is 5.90. The van der Waals surface area contributed by atoms with Gasteiger partial charge in [0.15, 0.2) is 0 Å². The maximum Gasteiger partial charge on any atom is -0.0102 e. The summed E-state index contributed by atoms with van der Waals surface area (Å²) in [7, 11) is 3.89. The summed E-state index contributed by atoms with van der Waals surface area (Å²) in [5.74, 6) is 0. The molecule has 0 spiro atoms. The quantitative estimate of drug-likeness (QED) is 0.174. The minimum absolute atomic E-state index is 0.446. The molecule has 0 aromatic heterocycles. The molecule has 1 nitrogen and oxygen atoms in total. The van der Waals surface area contributed by atoms with Crippen LogP contribution in [0.5, 0.6) is 0 Å². The van der Waals surface area contributed by atoms with Crippen molar-refractivity contribution in [1.29, 1.82) is 0 Å². The fraction of sp³-hybridized carbons (Fsp3) is 0.241. The summed E-state index contributed by atoms with van der Waals surface area (Å²) in [6.45, 7) is 0. The standard InChI is InChI=1S/C29H32NP/c1-30(2)28(22-12-11-16-24-14-9-10-15-24)27-21-13-23-29(27)31(25-17-5-3-6-18-25)26-19-7-4-8-20-26/h3-10,13-15,17-21,23,28H,11-12,16,22H2,1-2H3/q-2/t28-/m1/s1. The highest BCUT2D eigenvalue weighted by atomic mass is 31.1. The largest absolute Gasteiger partial charge is 0.313 e. The lowest BCUT2D eigenvalue weighted by atomic mass is 10.0. The number of rotatable bonds is 10. The van der Waals surface area contributed by atoms with Gasteiger partial charge in [0.1, 0.15) is 0 Å². The van der Waals surface area contributed by atoms with E-state index >= 15 is 0 Å². The maximum absolute atomic E-state index is 2.41. The van der Waals surface area contributed by atoms with Gasteiger partial charge < -0.3 is 4.90 Å². The highest BCUT2D eigenvalue weighted by Crippen LogP contribution is 2.38. The van der Waals surface area contributed by atoms with Crippen LogP contribution < -0.4 is 15.9 Å². The Labute approximate surface area is 188 Å². The van der Waals surface area contributed by atoms with Crippen LogP contribution in [0.4, 0.5) is 0 Å². The minimum atomic E-state index is -0.562. The smallest absolute Gasteiger partial charge is 0.0102 e. The number of unbranched alkanes of at least 4 members (excludes halogenated alkanes) is 1. The Bertz CT molecular complexity index is 976. The molecular formula is C29H32NP-2. The Hall–Kier alpha value is -2.47. The van der Waals surface area contributed by atoms with E-state index in [0.29, 0.717) is 6.04 Å². The zero-order chi connectivity index (χ0) is 21.5. The van der Waals surface area contributed by atoms with E-state index in [1.165, 1.54) is 52.7 Å². The lowest BCUT2D eigenvalue weighted by molar-refractivity contribution is 0.279. The molecule has 0 saturated heterocycles. The molecule has 0 amide bonds. The van der Waals surface area contributed by atoms with Gasteiger partial charge in [0.25, 0.3) is 0 Å². The monoisotopic (exact) mass is 425 g/mol. The number of hydrogen-bond acceptors (Lipinski definition) is 1. The van der Waals surface area contributed by atoms with E-state index in [1.54, 1.807) is 0 Å². The van der Waals surface area contributed by atoms with Crippen molar-refractivity contribution in [2.45, 2.75) is 31.7 Å². The number of benzene rings is 2. The van der Waals surface area contributed by atoms with Gasteiger partial charge in [-0.1, -0.05) is 79.9 Å². The van der Waals surface area contributed by atoms with Crippen molar-refractivity contribution in [3.05, 3.63) is 114 Å². The molecular weight excluding hydrogens is 393 g/mol. The van der Waals surface area contributed by atoms with E-state index in [9.17, 15) is 0 Å². The normalized spacial score (nSPS) is 12.5. The van der Waals surface area contributed by atoms with Crippen molar-refractivity contribution in [3.63, 3.8) is 0 Å². The molecule has 0 unspecified atom stereocenters. The summed E-state index contributed by atoms with van der Waals surface area (Å²) in [6, 6.07) is 38.3. The Balaban J connectivity index is 1.59. The van der Waals surface area contributed by atoms with Crippen LogP contribution in [0.15, 0.2) is 103 Å². The fourth-order valence-electron chi connectivity index (χ4n) is 4.43. The molecule has 0 aliphatic carbocycles. The summed E-state index contributed by atoms with van der Waals surface area (Å²) in [5.41, 5.74) is 2.96. The molecule has 0 aliphatic heterocycles. The molecule has 0 N–H and O–H groups in total. The lowest BCUT2D eigenvalue weighted by Gasteiger charge is -2.33. The Kier molecular flexibility index (Phi) is 7.52. The summed E-state index contributed by atoms with van der Waals surface area (Å²) in [6.07, 6.45) is 4.86. The Morgan fingerprint density at radius 1 is 0.806 bits per heavy atom. The van der Waals surface area contributed by atoms with Gasteiger partial charge in [-0.2, -0.15) is 23.8 Å². The summed E-state index contributed by atoms with van der Waals surface area (Å²) < 4.78 is 0. The molecule has 0 aliphatic rings. The third-order valence-corrected chi connectivity index (χ3v) is 8.52. The molecule has 0 heterocycles. The summed E-state index contributed by atoms with van der Waals surface area (Å²) in [5, 5.41) is 4.34. The first-order chi connectivity index (χ1) is 15.2. The maximum atomic E-state index is 2.41. The zero-order valence-electron chi connectivity index (χ0n) is 18.6. The van der Waals surface area contributed by atoms with Gasteiger partial charge in [0.2, 0.25) is 0 Å². The van der Waals surface area contributed by atoms with Crippen molar-refractivity contribution in [3.8, 4) is 0 Å². The van der Waals surface area contributed by atoms with Gasteiger partial charge in [-0.15, -0.1) is 10.9 Å². The molecule has 4 aromatic rings. The van der Waals surface area contributed by atoms with Gasteiger partial charge in [-0.05, 0) is 45.1 Å². The highest BCUT2D eigenvalue weighted by Gasteiger charge is 2.19. The van der Waals surface area contributed by atoms with Gasteiger partial charge in [0.05, 0.1) is 0 Å². The Morgan fingerprint density at radius 2 is 1.48 bits per heavy atom. The van der Waals surface area contributed by atoms with Gasteiger partial charge in [-0.25, -0.2) is 24.3 Å². The summed E-state index contributed by atoms with van der Waals surface area (Å²) in [4.78, 5) is 2.41. The molecule has 160 valence electrons. The third kappa shape index (κ3) is 5.42. The zero-order valence-corrected chi connectivity index (χ0v) is 19.5. The van der Waals surface area contributed by atoms with E-state index in [4.69, 9.17) is 0 Å². The van der Waals surface area contributed by atoms with E-state index in [-0.39, 0.29) is 0 Å². The molecule has 0 radical (unpaired) electrons. The molecule has 0 fully saturated rings. The van der Waals surface area contributed by atoms with E-state index in [2.05, 4.69) is 122 Å². The van der Waals surface area contributed by atoms with Crippen LogP contribution in [0.25, 0.3) is 0 Å². The molecule has 0 saturated carbocycles. The second-order valence-electron chi connectivity index (χ2n) is 8.39. The molecule has 1 atom stereocenters. The topological polar surface area (TPSA) is 3.24 Å². The molecule has 4 aromatic carbocycles. The first-order valence-corrected chi connectivity index (χ1v) is 12.6. The number of hydrogen-bond donors (Lipinski definition) is 0. The average Bonchev–Trinajstić information content (AvgIpc) is 3.48. The van der Waals surface area contributed by atoms with Crippen LogP contribution in [0, 0.1) is 0 Å². The number of nitrogens with zero attached hydrogens (tertiary/aromatic N) is 1. The molecule has 31 heavy (non-hydrogen) atoms. The SMILES string of the molecule is CN(C)[C@H](CCCCc1ccc[cH-]1)[c-]1cccc1P(c1ccccc1)c1ccccc1. The van der Waals surface area contributed by atoms with E-state index < -0.39 is 7.92 Å². The van der Waals surface area contributed by atoms with Crippen molar-refractivity contribution in [1.82, 2.24) is 4.90 Å². The van der Waals surface area contributed by atoms with Crippen LogP contribution in [0.2, 0.25) is 0 Å². The van der Waals surface area contributed by atoms with Crippen LogP contribution >= 0.6 is 7.92 Å². The molecule has 4 rings (SSSR count). The van der Waals surface area contributed by atoms with Crippen molar-refractivity contribution >= 4 is 23.8 Å². The molecule has 0 bridgehead atoms. The van der Waals surface area contributed by atoms with Crippen LogP contribution in [0.1, 0.15) is 36.4 Å². The fourth-order valence-corrected chi connectivity index (χ4v) is 6.94. The first kappa shape index (κ1) is 21.8. The summed E-state index contributed by atoms with van der Waals surface area (Å²) >= 11 is 0.